The predicted octanol–water partition coefficient (Wildman–Crippen LogP) is 3.32. The molecule has 0 unspecified atom stereocenters. The SMILES string of the molecule is C=CC(=CC(=NC)C(=O)N(O)Cc1ccccc1)NS(=O)(=O)Cc1cccc(Cl)c1. The lowest BCUT2D eigenvalue weighted by Crippen LogP contribution is -2.33. The van der Waals surface area contributed by atoms with Crippen molar-refractivity contribution in [2.45, 2.75) is 12.3 Å². The minimum absolute atomic E-state index is 0.0408. The van der Waals surface area contributed by atoms with Crippen molar-refractivity contribution in [3.63, 3.8) is 0 Å². The van der Waals surface area contributed by atoms with Crippen molar-refractivity contribution in [2.75, 3.05) is 7.05 Å². The van der Waals surface area contributed by atoms with Gasteiger partial charge >= 0.3 is 0 Å². The summed E-state index contributed by atoms with van der Waals surface area (Å²) in [7, 11) is -2.44. The van der Waals surface area contributed by atoms with Crippen molar-refractivity contribution in [1.82, 2.24) is 9.79 Å². The highest BCUT2D eigenvalue weighted by atomic mass is 35.5. The molecule has 0 aromatic heterocycles. The molecule has 2 N–H and O–H groups in total. The van der Waals surface area contributed by atoms with E-state index in [-0.39, 0.29) is 23.7 Å². The number of hydrogen-bond acceptors (Lipinski definition) is 5. The third-order valence-electron chi connectivity index (χ3n) is 3.90. The average Bonchev–Trinajstić information content (AvgIpc) is 2.70. The molecule has 0 atom stereocenters. The van der Waals surface area contributed by atoms with Crippen molar-refractivity contribution in [3.8, 4) is 0 Å². The van der Waals surface area contributed by atoms with Crippen LogP contribution in [0.3, 0.4) is 0 Å². The number of hydrogen-bond donors (Lipinski definition) is 2. The number of sulfonamides is 1. The molecule has 0 aliphatic rings. The summed E-state index contributed by atoms with van der Waals surface area (Å²) in [5.41, 5.74) is 1.12. The Kier molecular flexibility index (Phi) is 8.35. The summed E-state index contributed by atoms with van der Waals surface area (Å²) in [6.45, 7) is 3.52. The van der Waals surface area contributed by atoms with E-state index in [1.54, 1.807) is 48.5 Å². The Morgan fingerprint density at radius 3 is 2.47 bits per heavy atom. The second-order valence-electron chi connectivity index (χ2n) is 6.25. The quantitative estimate of drug-likeness (QED) is 0.266. The lowest BCUT2D eigenvalue weighted by Gasteiger charge is -2.15. The van der Waals surface area contributed by atoms with Crippen LogP contribution in [0.5, 0.6) is 0 Å². The van der Waals surface area contributed by atoms with Crippen molar-refractivity contribution in [3.05, 3.63) is 95.2 Å². The van der Waals surface area contributed by atoms with Gasteiger partial charge in [0.15, 0.2) is 0 Å². The van der Waals surface area contributed by atoms with Gasteiger partial charge in [0.25, 0.3) is 5.91 Å². The zero-order valence-electron chi connectivity index (χ0n) is 16.3. The van der Waals surface area contributed by atoms with E-state index in [0.717, 1.165) is 5.56 Å². The molecule has 0 aliphatic heterocycles. The molecular weight excluding hydrogens is 426 g/mol. The van der Waals surface area contributed by atoms with Crippen LogP contribution in [0.1, 0.15) is 11.1 Å². The lowest BCUT2D eigenvalue weighted by atomic mass is 10.2. The van der Waals surface area contributed by atoms with Crippen molar-refractivity contribution < 1.29 is 18.4 Å². The van der Waals surface area contributed by atoms with Crippen LogP contribution in [0.4, 0.5) is 0 Å². The molecule has 0 saturated carbocycles. The van der Waals surface area contributed by atoms with Gasteiger partial charge in [-0.1, -0.05) is 60.6 Å². The van der Waals surface area contributed by atoms with Gasteiger partial charge in [-0.25, -0.2) is 13.5 Å². The standard InChI is InChI=1S/C21H22ClN3O4S/c1-3-19(24-30(28,29)15-17-10-7-11-18(22)12-17)13-20(23-2)21(26)25(27)14-16-8-5-4-6-9-16/h3-13,24,27H,1,14-15H2,2H3. The van der Waals surface area contributed by atoms with E-state index < -0.39 is 15.9 Å². The maximum absolute atomic E-state index is 12.5. The smallest absolute Gasteiger partial charge is 0.285 e. The highest BCUT2D eigenvalue weighted by Crippen LogP contribution is 2.13. The van der Waals surface area contributed by atoms with Crippen LogP contribution in [0.15, 0.2) is 84.0 Å². The molecule has 9 heteroatoms. The number of aliphatic imine (C=N–C) groups is 1. The molecule has 1 amide bonds. The molecular formula is C21H22ClN3O4S. The minimum Gasteiger partial charge on any atom is -0.285 e. The normalized spacial score (nSPS) is 12.4. The largest absolute Gasteiger partial charge is 0.295 e. The Labute approximate surface area is 181 Å². The molecule has 0 bridgehead atoms. The second kappa shape index (κ2) is 10.7. The monoisotopic (exact) mass is 447 g/mol. The van der Waals surface area contributed by atoms with E-state index in [1.807, 2.05) is 6.07 Å². The number of allylic oxidation sites excluding steroid dienone is 1. The van der Waals surface area contributed by atoms with E-state index in [0.29, 0.717) is 15.6 Å². The molecule has 0 fully saturated rings. The second-order valence-corrected chi connectivity index (χ2v) is 8.41. The number of rotatable bonds is 9. The first-order valence-electron chi connectivity index (χ1n) is 8.84. The van der Waals surface area contributed by atoms with Crippen molar-refractivity contribution >= 4 is 33.2 Å². The third kappa shape index (κ3) is 7.14. The maximum atomic E-state index is 12.5. The van der Waals surface area contributed by atoms with Gasteiger partial charge in [0.1, 0.15) is 5.71 Å². The Morgan fingerprint density at radius 2 is 1.87 bits per heavy atom. The predicted molar refractivity (Wildman–Crippen MR) is 118 cm³/mol. The molecule has 30 heavy (non-hydrogen) atoms. The van der Waals surface area contributed by atoms with Gasteiger partial charge in [-0.05, 0) is 35.4 Å². The molecule has 2 rings (SSSR count). The summed E-state index contributed by atoms with van der Waals surface area (Å²) in [4.78, 5) is 16.4. The van der Waals surface area contributed by atoms with Crippen LogP contribution in [0.25, 0.3) is 0 Å². The van der Waals surface area contributed by atoms with E-state index >= 15 is 0 Å². The van der Waals surface area contributed by atoms with Crippen LogP contribution in [0, 0.1) is 0 Å². The zero-order valence-corrected chi connectivity index (χ0v) is 17.9. The Hall–Kier alpha value is -2.94. The molecule has 0 heterocycles. The van der Waals surface area contributed by atoms with E-state index in [4.69, 9.17) is 11.6 Å². The Balaban J connectivity index is 2.13. The van der Waals surface area contributed by atoms with E-state index in [2.05, 4.69) is 16.3 Å². The fraction of sp³-hybridized carbons (Fsp3) is 0.143. The third-order valence-corrected chi connectivity index (χ3v) is 5.40. The van der Waals surface area contributed by atoms with E-state index in [9.17, 15) is 18.4 Å². The summed E-state index contributed by atoms with van der Waals surface area (Å²) in [5.74, 6) is -1.10. The first kappa shape index (κ1) is 23.3. The van der Waals surface area contributed by atoms with Crippen molar-refractivity contribution in [2.24, 2.45) is 4.99 Å². The fourth-order valence-electron chi connectivity index (χ4n) is 2.52. The van der Waals surface area contributed by atoms with Gasteiger partial charge in [0, 0.05) is 12.1 Å². The molecule has 2 aromatic rings. The highest BCUT2D eigenvalue weighted by molar-refractivity contribution is 7.88. The Morgan fingerprint density at radius 1 is 1.20 bits per heavy atom. The average molecular weight is 448 g/mol. The van der Waals surface area contributed by atoms with Crippen LogP contribution < -0.4 is 4.72 Å². The molecule has 0 aliphatic carbocycles. The summed E-state index contributed by atoms with van der Waals surface area (Å²) in [6, 6.07) is 15.4. The molecule has 158 valence electrons. The van der Waals surface area contributed by atoms with E-state index in [1.165, 1.54) is 19.2 Å². The summed E-state index contributed by atoms with van der Waals surface area (Å²) < 4.78 is 27.3. The van der Waals surface area contributed by atoms with Gasteiger partial charge in [-0.15, -0.1) is 0 Å². The topological polar surface area (TPSA) is 99.1 Å². The molecule has 0 saturated heterocycles. The van der Waals surface area contributed by atoms with Crippen LogP contribution >= 0.6 is 11.6 Å². The zero-order chi connectivity index (χ0) is 22.1. The number of carbonyl (C=O) groups excluding carboxylic acids is 1. The number of nitrogens with one attached hydrogen (secondary N) is 1. The van der Waals surface area contributed by atoms with Gasteiger partial charge in [-0.2, -0.15) is 0 Å². The molecule has 0 spiro atoms. The number of halogens is 1. The highest BCUT2D eigenvalue weighted by Gasteiger charge is 2.18. The number of hydroxylamine groups is 2. The number of benzene rings is 2. The van der Waals surface area contributed by atoms with Gasteiger partial charge < -0.3 is 0 Å². The Bertz CT molecular complexity index is 1070. The van der Waals surface area contributed by atoms with Gasteiger partial charge in [0.05, 0.1) is 18.0 Å². The summed E-state index contributed by atoms with van der Waals surface area (Å²) in [6.07, 6.45) is 2.45. The number of amides is 1. The maximum Gasteiger partial charge on any atom is 0.295 e. The van der Waals surface area contributed by atoms with Gasteiger partial charge in [0.2, 0.25) is 10.0 Å². The van der Waals surface area contributed by atoms with Crippen LogP contribution in [-0.4, -0.2) is 37.4 Å². The number of carbonyl (C=O) groups is 1. The lowest BCUT2D eigenvalue weighted by molar-refractivity contribution is -0.159. The fourth-order valence-corrected chi connectivity index (χ4v) is 3.93. The molecule has 7 nitrogen and oxygen atoms in total. The molecule has 0 radical (unpaired) electrons. The molecule has 2 aromatic carbocycles. The first-order chi connectivity index (χ1) is 14.2. The van der Waals surface area contributed by atoms with Crippen molar-refractivity contribution in [1.29, 1.82) is 0 Å². The van der Waals surface area contributed by atoms with Crippen LogP contribution in [-0.2, 0) is 27.1 Å². The number of nitrogens with zero attached hydrogens (tertiary/aromatic N) is 2. The van der Waals surface area contributed by atoms with Crippen LogP contribution in [0.2, 0.25) is 5.02 Å². The van der Waals surface area contributed by atoms with Gasteiger partial charge in [-0.3, -0.25) is 19.7 Å². The first-order valence-corrected chi connectivity index (χ1v) is 10.9. The summed E-state index contributed by atoms with van der Waals surface area (Å²) >= 11 is 5.89. The summed E-state index contributed by atoms with van der Waals surface area (Å²) in [5, 5.41) is 11.0. The minimum atomic E-state index is -3.80.